The minimum Gasteiger partial charge on any atom is -0.496 e. The largest absolute Gasteiger partial charge is 0.496 e. The summed E-state index contributed by atoms with van der Waals surface area (Å²) in [5, 5.41) is 3.69. The molecule has 8 heteroatoms. The molecular formula is C18H21N3O5. The van der Waals surface area contributed by atoms with Crippen LogP contribution in [0.1, 0.15) is 16.9 Å². The average Bonchev–Trinajstić information content (AvgIpc) is 2.66. The van der Waals surface area contributed by atoms with E-state index in [1.54, 1.807) is 13.2 Å². The van der Waals surface area contributed by atoms with Gasteiger partial charge in [0.15, 0.2) is 0 Å². The number of methoxy groups -OCH3 is 1. The van der Waals surface area contributed by atoms with Gasteiger partial charge in [-0.1, -0.05) is 12.1 Å². The van der Waals surface area contributed by atoms with Gasteiger partial charge < -0.3 is 25.3 Å². The minimum atomic E-state index is -0.553. The van der Waals surface area contributed by atoms with Crippen molar-refractivity contribution in [3.63, 3.8) is 0 Å². The van der Waals surface area contributed by atoms with Crippen LogP contribution in [0.4, 0.5) is 0 Å². The van der Waals surface area contributed by atoms with Crippen molar-refractivity contribution in [3.8, 4) is 5.75 Å². The fourth-order valence-corrected chi connectivity index (χ4v) is 2.91. The number of carbonyl (C=O) groups excluding carboxylic acids is 2. The molecule has 1 fully saturated rings. The molecule has 2 aromatic rings. The third kappa shape index (κ3) is 4.09. The molecule has 0 bridgehead atoms. The molecule has 26 heavy (non-hydrogen) atoms. The topological polar surface area (TPSA) is 113 Å². The van der Waals surface area contributed by atoms with Crippen LogP contribution in [0.25, 0.3) is 10.9 Å². The van der Waals surface area contributed by atoms with Gasteiger partial charge in [-0.05, 0) is 18.6 Å². The Morgan fingerprint density at radius 3 is 2.96 bits per heavy atom. The van der Waals surface area contributed by atoms with E-state index in [4.69, 9.17) is 19.9 Å². The summed E-state index contributed by atoms with van der Waals surface area (Å²) in [6, 6.07) is 8.63. The molecule has 0 radical (unpaired) electrons. The lowest BCUT2D eigenvalue weighted by atomic mass is 10.1. The van der Waals surface area contributed by atoms with Crippen molar-refractivity contribution in [3.05, 3.63) is 36.0 Å². The Morgan fingerprint density at radius 1 is 1.38 bits per heavy atom. The Labute approximate surface area is 150 Å². The smallest absolute Gasteiger partial charge is 0.270 e. The molecule has 2 amide bonds. The van der Waals surface area contributed by atoms with E-state index in [2.05, 4.69) is 10.3 Å². The zero-order valence-electron chi connectivity index (χ0n) is 14.4. The molecule has 1 saturated heterocycles. The standard InChI is InChI=1S/C18H21N3O5/c1-24-16-8-13(20-12-5-3-2-4-11(12)16)18(23)21-14-9-25-7-6-15(14)26-10-17(19)22/h2-5,8,14-15H,6-7,9-10H2,1H3,(H2,19,22)(H,21,23)/t14-,15+/m1/s1. The van der Waals surface area contributed by atoms with Crippen molar-refractivity contribution in [2.24, 2.45) is 5.73 Å². The van der Waals surface area contributed by atoms with E-state index in [0.29, 0.717) is 30.9 Å². The van der Waals surface area contributed by atoms with E-state index < -0.39 is 11.9 Å². The second kappa shape index (κ2) is 8.11. The molecule has 1 aliphatic heterocycles. The first-order valence-corrected chi connectivity index (χ1v) is 8.30. The third-order valence-electron chi connectivity index (χ3n) is 4.18. The maximum absolute atomic E-state index is 12.7. The highest BCUT2D eigenvalue weighted by Gasteiger charge is 2.29. The molecule has 1 aliphatic rings. The van der Waals surface area contributed by atoms with Crippen molar-refractivity contribution in [2.75, 3.05) is 26.9 Å². The zero-order chi connectivity index (χ0) is 18.5. The van der Waals surface area contributed by atoms with E-state index in [1.165, 1.54) is 0 Å². The lowest BCUT2D eigenvalue weighted by molar-refractivity contribution is -0.128. The van der Waals surface area contributed by atoms with Gasteiger partial charge in [-0.3, -0.25) is 9.59 Å². The predicted octanol–water partition coefficient (Wildman–Crippen LogP) is 0.633. The Morgan fingerprint density at radius 2 is 2.19 bits per heavy atom. The summed E-state index contributed by atoms with van der Waals surface area (Å²) in [7, 11) is 1.55. The summed E-state index contributed by atoms with van der Waals surface area (Å²) in [5.41, 5.74) is 6.03. The quantitative estimate of drug-likeness (QED) is 0.782. The number of nitrogens with two attached hydrogens (primary N) is 1. The van der Waals surface area contributed by atoms with E-state index in [1.807, 2.05) is 24.3 Å². The first kappa shape index (κ1) is 18.1. The van der Waals surface area contributed by atoms with Gasteiger partial charge in [0.05, 0.1) is 31.4 Å². The number of benzene rings is 1. The summed E-state index contributed by atoms with van der Waals surface area (Å²) < 4.78 is 16.3. The van der Waals surface area contributed by atoms with Crippen LogP contribution in [0.15, 0.2) is 30.3 Å². The van der Waals surface area contributed by atoms with Crippen molar-refractivity contribution in [1.29, 1.82) is 0 Å². The number of nitrogens with one attached hydrogen (secondary N) is 1. The third-order valence-corrected chi connectivity index (χ3v) is 4.18. The van der Waals surface area contributed by atoms with Crippen LogP contribution in [-0.2, 0) is 14.3 Å². The van der Waals surface area contributed by atoms with Gasteiger partial charge in [-0.2, -0.15) is 0 Å². The maximum Gasteiger partial charge on any atom is 0.270 e. The number of carbonyl (C=O) groups is 2. The molecule has 2 heterocycles. The molecule has 3 rings (SSSR count). The molecule has 0 unspecified atom stereocenters. The fourth-order valence-electron chi connectivity index (χ4n) is 2.91. The number of nitrogens with zero attached hydrogens (tertiary/aromatic N) is 1. The second-order valence-corrected chi connectivity index (χ2v) is 5.99. The molecule has 8 nitrogen and oxygen atoms in total. The Kier molecular flexibility index (Phi) is 5.65. The number of hydrogen-bond acceptors (Lipinski definition) is 6. The van der Waals surface area contributed by atoms with Gasteiger partial charge in [-0.15, -0.1) is 0 Å². The van der Waals surface area contributed by atoms with Gasteiger partial charge in [0.2, 0.25) is 5.91 Å². The van der Waals surface area contributed by atoms with Crippen molar-refractivity contribution in [1.82, 2.24) is 10.3 Å². The minimum absolute atomic E-state index is 0.195. The maximum atomic E-state index is 12.7. The number of amides is 2. The molecule has 2 atom stereocenters. The summed E-state index contributed by atoms with van der Waals surface area (Å²) in [6.45, 7) is 0.594. The SMILES string of the molecule is COc1cc(C(=O)N[C@@H]2COCC[C@@H]2OCC(N)=O)nc2ccccc12. The van der Waals surface area contributed by atoms with Gasteiger partial charge in [0, 0.05) is 18.1 Å². The number of para-hydroxylation sites is 1. The van der Waals surface area contributed by atoms with E-state index in [-0.39, 0.29) is 24.3 Å². The van der Waals surface area contributed by atoms with Crippen LogP contribution in [-0.4, -0.2) is 55.9 Å². The van der Waals surface area contributed by atoms with Crippen LogP contribution in [0, 0.1) is 0 Å². The van der Waals surface area contributed by atoms with E-state index >= 15 is 0 Å². The van der Waals surface area contributed by atoms with Crippen LogP contribution in [0.3, 0.4) is 0 Å². The summed E-state index contributed by atoms with van der Waals surface area (Å²) in [6.07, 6.45) is 0.217. The molecule has 3 N–H and O–H groups in total. The van der Waals surface area contributed by atoms with Crippen molar-refractivity contribution >= 4 is 22.7 Å². The van der Waals surface area contributed by atoms with E-state index in [9.17, 15) is 9.59 Å². The lowest BCUT2D eigenvalue weighted by Crippen LogP contribution is -2.51. The van der Waals surface area contributed by atoms with Crippen LogP contribution in [0.5, 0.6) is 5.75 Å². The number of rotatable bonds is 6. The molecule has 1 aromatic carbocycles. The van der Waals surface area contributed by atoms with Gasteiger partial charge in [0.1, 0.15) is 18.1 Å². The highest BCUT2D eigenvalue weighted by atomic mass is 16.5. The van der Waals surface area contributed by atoms with Crippen LogP contribution >= 0.6 is 0 Å². The number of primary amides is 1. The summed E-state index contributed by atoms with van der Waals surface area (Å²) in [5.74, 6) is -0.345. The zero-order valence-corrected chi connectivity index (χ0v) is 14.4. The Hall–Kier alpha value is -2.71. The molecule has 0 spiro atoms. The first-order valence-electron chi connectivity index (χ1n) is 8.30. The number of aromatic nitrogens is 1. The fraction of sp³-hybridized carbons (Fsp3) is 0.389. The first-order chi connectivity index (χ1) is 12.6. The molecule has 1 aromatic heterocycles. The number of pyridine rings is 1. The lowest BCUT2D eigenvalue weighted by Gasteiger charge is -2.31. The molecular weight excluding hydrogens is 338 g/mol. The molecule has 0 aliphatic carbocycles. The predicted molar refractivity (Wildman–Crippen MR) is 93.9 cm³/mol. The van der Waals surface area contributed by atoms with Crippen molar-refractivity contribution < 1.29 is 23.8 Å². The van der Waals surface area contributed by atoms with Gasteiger partial charge in [-0.25, -0.2) is 4.98 Å². The summed E-state index contributed by atoms with van der Waals surface area (Å²) in [4.78, 5) is 28.0. The second-order valence-electron chi connectivity index (χ2n) is 5.99. The number of fused-ring (bicyclic) bond motifs is 1. The van der Waals surface area contributed by atoms with Crippen LogP contribution in [0.2, 0.25) is 0 Å². The Balaban J connectivity index is 1.78. The number of hydrogen-bond donors (Lipinski definition) is 2. The highest BCUT2D eigenvalue weighted by Crippen LogP contribution is 2.25. The molecule has 0 saturated carbocycles. The van der Waals surface area contributed by atoms with Gasteiger partial charge >= 0.3 is 0 Å². The van der Waals surface area contributed by atoms with Crippen LogP contribution < -0.4 is 15.8 Å². The van der Waals surface area contributed by atoms with Gasteiger partial charge in [0.25, 0.3) is 5.91 Å². The van der Waals surface area contributed by atoms with Crippen molar-refractivity contribution in [2.45, 2.75) is 18.6 Å². The normalized spacial score (nSPS) is 19.9. The highest BCUT2D eigenvalue weighted by molar-refractivity contribution is 5.97. The average molecular weight is 359 g/mol. The van der Waals surface area contributed by atoms with E-state index in [0.717, 1.165) is 5.39 Å². The Bertz CT molecular complexity index is 811. The molecule has 138 valence electrons. The summed E-state index contributed by atoms with van der Waals surface area (Å²) >= 11 is 0. The monoisotopic (exact) mass is 359 g/mol. The number of ether oxygens (including phenoxy) is 3.